The summed E-state index contributed by atoms with van der Waals surface area (Å²) < 4.78 is 0. The number of carbonyl (C=O) groups is 1. The second-order valence-corrected chi connectivity index (χ2v) is 6.30. The van der Waals surface area contributed by atoms with Gasteiger partial charge in [-0.15, -0.1) is 0 Å². The van der Waals surface area contributed by atoms with E-state index >= 15 is 0 Å². The van der Waals surface area contributed by atoms with Crippen LogP contribution in [-0.2, 0) is 11.2 Å². The van der Waals surface area contributed by atoms with Gasteiger partial charge in [0.1, 0.15) is 0 Å². The van der Waals surface area contributed by atoms with Crippen molar-refractivity contribution in [3.05, 3.63) is 29.3 Å². The van der Waals surface area contributed by atoms with Crippen LogP contribution in [0.15, 0.2) is 18.2 Å². The first kappa shape index (κ1) is 14.4. The largest absolute Gasteiger partial charge is 0.387 e. The van der Waals surface area contributed by atoms with Crippen LogP contribution in [0.1, 0.15) is 42.9 Å². The summed E-state index contributed by atoms with van der Waals surface area (Å²) in [5, 5.41) is 13.2. The van der Waals surface area contributed by atoms with E-state index in [1.165, 1.54) is 11.3 Å². The molecule has 2 aliphatic rings. The van der Waals surface area contributed by atoms with Crippen LogP contribution < -0.4 is 10.2 Å². The molecule has 3 rings (SSSR count). The molecule has 1 aromatic carbocycles. The average molecular weight is 288 g/mol. The number of nitrogens with one attached hydrogen (secondary N) is 1. The Balaban J connectivity index is 1.58. The van der Waals surface area contributed by atoms with Crippen LogP contribution in [0.25, 0.3) is 0 Å². The van der Waals surface area contributed by atoms with Gasteiger partial charge in [-0.05, 0) is 36.5 Å². The molecule has 0 radical (unpaired) electrons. The number of rotatable bonds is 4. The molecule has 1 aliphatic heterocycles. The van der Waals surface area contributed by atoms with Crippen molar-refractivity contribution in [1.82, 2.24) is 5.32 Å². The van der Waals surface area contributed by atoms with E-state index in [0.29, 0.717) is 6.54 Å². The smallest absolute Gasteiger partial charge is 0.223 e. The summed E-state index contributed by atoms with van der Waals surface area (Å²) in [6, 6.07) is 6.11. The highest BCUT2D eigenvalue weighted by Gasteiger charge is 2.23. The highest BCUT2D eigenvalue weighted by molar-refractivity contribution is 5.78. The minimum atomic E-state index is -0.619. The molecule has 21 heavy (non-hydrogen) atoms. The first-order valence-electron chi connectivity index (χ1n) is 7.95. The van der Waals surface area contributed by atoms with Gasteiger partial charge in [-0.2, -0.15) is 0 Å². The molecule has 1 amide bonds. The van der Waals surface area contributed by atoms with E-state index in [2.05, 4.69) is 29.4 Å². The van der Waals surface area contributed by atoms with Crippen molar-refractivity contribution in [2.45, 2.75) is 38.2 Å². The van der Waals surface area contributed by atoms with Gasteiger partial charge in [0.25, 0.3) is 0 Å². The predicted octanol–water partition coefficient (Wildman–Crippen LogP) is 2.02. The number of amides is 1. The van der Waals surface area contributed by atoms with Crippen molar-refractivity contribution in [1.29, 1.82) is 0 Å². The van der Waals surface area contributed by atoms with Gasteiger partial charge in [0.2, 0.25) is 5.91 Å². The molecule has 114 valence electrons. The van der Waals surface area contributed by atoms with E-state index in [9.17, 15) is 9.90 Å². The van der Waals surface area contributed by atoms with Crippen molar-refractivity contribution in [3.8, 4) is 0 Å². The standard InChI is InChI=1S/C17H24N2O2/c1-19-9-8-13-10-14(6-7-15(13)19)16(20)11-18-17(21)12-4-2-3-5-12/h6-7,10,12,16,20H,2-5,8-9,11H2,1H3,(H,18,21)/t16-/m1/s1. The molecule has 1 atom stereocenters. The summed E-state index contributed by atoms with van der Waals surface area (Å²) in [4.78, 5) is 14.2. The fraction of sp³-hybridized carbons (Fsp3) is 0.588. The highest BCUT2D eigenvalue weighted by atomic mass is 16.3. The van der Waals surface area contributed by atoms with Crippen LogP contribution >= 0.6 is 0 Å². The van der Waals surface area contributed by atoms with Gasteiger partial charge in [0.05, 0.1) is 6.10 Å². The number of hydrogen-bond acceptors (Lipinski definition) is 3. The number of carbonyl (C=O) groups excluding carboxylic acids is 1. The lowest BCUT2D eigenvalue weighted by molar-refractivity contribution is -0.125. The van der Waals surface area contributed by atoms with Crippen molar-refractivity contribution < 1.29 is 9.90 Å². The number of benzene rings is 1. The fourth-order valence-electron chi connectivity index (χ4n) is 3.44. The van der Waals surface area contributed by atoms with Crippen LogP contribution in [0.2, 0.25) is 0 Å². The topological polar surface area (TPSA) is 52.6 Å². The maximum Gasteiger partial charge on any atom is 0.223 e. The van der Waals surface area contributed by atoms with Gasteiger partial charge in [-0.1, -0.05) is 25.0 Å². The van der Waals surface area contributed by atoms with Crippen molar-refractivity contribution in [3.63, 3.8) is 0 Å². The summed E-state index contributed by atoms with van der Waals surface area (Å²) in [6.45, 7) is 1.34. The molecule has 4 heteroatoms. The lowest BCUT2D eigenvalue weighted by Gasteiger charge is -2.16. The molecule has 1 saturated carbocycles. The SMILES string of the molecule is CN1CCc2cc([C@H](O)CNC(=O)C3CCCC3)ccc21. The second kappa shape index (κ2) is 6.06. The summed E-state index contributed by atoms with van der Waals surface area (Å²) in [6.07, 6.45) is 4.70. The maximum absolute atomic E-state index is 12.0. The Labute approximate surface area is 126 Å². The lowest BCUT2D eigenvalue weighted by Crippen LogP contribution is -2.32. The predicted molar refractivity (Wildman–Crippen MR) is 83.3 cm³/mol. The van der Waals surface area contributed by atoms with Gasteiger partial charge in [-0.25, -0.2) is 0 Å². The molecule has 1 aliphatic carbocycles. The van der Waals surface area contributed by atoms with Crippen LogP contribution in [0.5, 0.6) is 0 Å². The third kappa shape index (κ3) is 3.05. The molecule has 1 heterocycles. The first-order valence-corrected chi connectivity index (χ1v) is 7.95. The molecule has 1 fully saturated rings. The van der Waals surface area contributed by atoms with Crippen LogP contribution in [0.4, 0.5) is 5.69 Å². The Hall–Kier alpha value is -1.55. The summed E-state index contributed by atoms with van der Waals surface area (Å²) in [5.74, 6) is 0.262. The Bertz CT molecular complexity index is 524. The number of aliphatic hydroxyl groups excluding tert-OH is 1. The van der Waals surface area contributed by atoms with Gasteiger partial charge in [0.15, 0.2) is 0 Å². The number of anilines is 1. The Morgan fingerprint density at radius 3 is 2.95 bits per heavy atom. The van der Waals surface area contributed by atoms with E-state index in [-0.39, 0.29) is 11.8 Å². The van der Waals surface area contributed by atoms with E-state index in [1.807, 2.05) is 6.07 Å². The molecular weight excluding hydrogens is 264 g/mol. The quantitative estimate of drug-likeness (QED) is 0.891. The van der Waals surface area contributed by atoms with Crippen molar-refractivity contribution in [2.24, 2.45) is 5.92 Å². The third-order valence-electron chi connectivity index (χ3n) is 4.81. The Morgan fingerprint density at radius 2 is 2.19 bits per heavy atom. The molecule has 0 unspecified atom stereocenters. The molecule has 0 bridgehead atoms. The first-order chi connectivity index (χ1) is 10.1. The number of fused-ring (bicyclic) bond motifs is 1. The van der Waals surface area contributed by atoms with E-state index in [4.69, 9.17) is 0 Å². The number of hydrogen-bond donors (Lipinski definition) is 2. The van der Waals surface area contributed by atoms with E-state index in [0.717, 1.165) is 44.2 Å². The number of nitrogens with zero attached hydrogens (tertiary/aromatic N) is 1. The zero-order valence-corrected chi connectivity index (χ0v) is 12.6. The zero-order chi connectivity index (χ0) is 14.8. The highest BCUT2D eigenvalue weighted by Crippen LogP contribution is 2.29. The zero-order valence-electron chi connectivity index (χ0n) is 12.6. The second-order valence-electron chi connectivity index (χ2n) is 6.30. The number of aliphatic hydroxyl groups is 1. The summed E-state index contributed by atoms with van der Waals surface area (Å²) >= 11 is 0. The molecule has 1 aromatic rings. The average Bonchev–Trinajstić information content (AvgIpc) is 3.14. The molecule has 4 nitrogen and oxygen atoms in total. The van der Waals surface area contributed by atoms with Crippen LogP contribution in [-0.4, -0.2) is 31.2 Å². The summed E-state index contributed by atoms with van der Waals surface area (Å²) in [5.41, 5.74) is 3.44. The molecular formula is C17H24N2O2. The van der Waals surface area contributed by atoms with E-state index in [1.54, 1.807) is 0 Å². The minimum Gasteiger partial charge on any atom is -0.387 e. The summed E-state index contributed by atoms with van der Waals surface area (Å²) in [7, 11) is 2.09. The van der Waals surface area contributed by atoms with Gasteiger partial charge in [0, 0.05) is 31.7 Å². The van der Waals surface area contributed by atoms with E-state index < -0.39 is 6.10 Å². The van der Waals surface area contributed by atoms with Crippen LogP contribution in [0, 0.1) is 5.92 Å². The Morgan fingerprint density at radius 1 is 1.43 bits per heavy atom. The molecule has 0 saturated heterocycles. The normalized spacial score (nSPS) is 19.6. The van der Waals surface area contributed by atoms with Crippen molar-refractivity contribution >= 4 is 11.6 Å². The molecule has 2 N–H and O–H groups in total. The monoisotopic (exact) mass is 288 g/mol. The maximum atomic E-state index is 12.0. The van der Waals surface area contributed by atoms with Gasteiger partial charge in [-0.3, -0.25) is 4.79 Å². The van der Waals surface area contributed by atoms with Gasteiger partial charge >= 0.3 is 0 Å². The van der Waals surface area contributed by atoms with Crippen LogP contribution in [0.3, 0.4) is 0 Å². The minimum absolute atomic E-state index is 0.104. The fourth-order valence-corrected chi connectivity index (χ4v) is 3.44. The van der Waals surface area contributed by atoms with Crippen molar-refractivity contribution in [2.75, 3.05) is 25.0 Å². The third-order valence-corrected chi connectivity index (χ3v) is 4.81. The molecule has 0 spiro atoms. The molecule has 0 aromatic heterocycles. The van der Waals surface area contributed by atoms with Gasteiger partial charge < -0.3 is 15.3 Å². The lowest BCUT2D eigenvalue weighted by atomic mass is 10.0. The Kier molecular flexibility index (Phi) is 4.15. The number of likely N-dealkylation sites (N-methyl/N-ethyl adjacent to an activating group) is 1.